The topological polar surface area (TPSA) is 39.7 Å². The van der Waals surface area contributed by atoms with Crippen LogP contribution in [0.2, 0.25) is 0 Å². The summed E-state index contributed by atoms with van der Waals surface area (Å²) in [5, 5.41) is 11.1. The van der Waals surface area contributed by atoms with Crippen LogP contribution in [0.5, 0.6) is 0 Å². The second-order valence-corrected chi connectivity index (χ2v) is 6.26. The fourth-order valence-corrected chi connectivity index (χ4v) is 3.06. The molecule has 126 valence electrons. The summed E-state index contributed by atoms with van der Waals surface area (Å²) in [7, 11) is 0. The second-order valence-electron chi connectivity index (χ2n) is 5.48. The molecule has 0 spiro atoms. The molecule has 22 heavy (non-hydrogen) atoms. The number of aliphatic imine (C=N–C) groups is 1. The normalized spacial score (nSPS) is 13.4. The van der Waals surface area contributed by atoms with Crippen molar-refractivity contribution in [1.29, 1.82) is 0 Å². The first-order chi connectivity index (χ1) is 10.7. The Morgan fingerprint density at radius 2 is 2.05 bits per heavy atom. The minimum atomic E-state index is 0.470. The van der Waals surface area contributed by atoms with Crippen molar-refractivity contribution in [2.75, 3.05) is 39.3 Å². The number of guanidine groups is 1. The monoisotopic (exact) mass is 324 g/mol. The number of rotatable bonds is 10. The highest BCUT2D eigenvalue weighted by Gasteiger charge is 2.06. The van der Waals surface area contributed by atoms with Crippen LogP contribution in [0.15, 0.2) is 21.8 Å². The summed E-state index contributed by atoms with van der Waals surface area (Å²) in [5.74, 6) is 1.40. The van der Waals surface area contributed by atoms with E-state index in [1.807, 2.05) is 0 Å². The highest BCUT2D eigenvalue weighted by atomic mass is 32.1. The molecule has 0 fully saturated rings. The highest BCUT2D eigenvalue weighted by Crippen LogP contribution is 2.18. The zero-order valence-corrected chi connectivity index (χ0v) is 15.4. The molecular formula is C17H32N4S. The first-order valence-electron chi connectivity index (χ1n) is 8.47. The Kier molecular flexibility index (Phi) is 9.91. The van der Waals surface area contributed by atoms with Gasteiger partial charge in [0.1, 0.15) is 0 Å². The van der Waals surface area contributed by atoms with Gasteiger partial charge in [-0.3, -0.25) is 4.99 Å². The average Bonchev–Trinajstić information content (AvgIpc) is 3.06. The summed E-state index contributed by atoms with van der Waals surface area (Å²) in [5.41, 5.74) is 1.38. The third kappa shape index (κ3) is 7.27. The maximum Gasteiger partial charge on any atom is 0.191 e. The number of nitrogens with zero attached hydrogens (tertiary/aromatic N) is 2. The van der Waals surface area contributed by atoms with Gasteiger partial charge in [0.2, 0.25) is 0 Å². The first-order valence-corrected chi connectivity index (χ1v) is 9.42. The van der Waals surface area contributed by atoms with Gasteiger partial charge >= 0.3 is 0 Å². The fraction of sp³-hybridized carbons (Fsp3) is 0.706. The summed E-state index contributed by atoms with van der Waals surface area (Å²) in [6.45, 7) is 14.9. The van der Waals surface area contributed by atoms with E-state index in [4.69, 9.17) is 4.99 Å². The van der Waals surface area contributed by atoms with Crippen LogP contribution in [-0.4, -0.2) is 50.1 Å². The van der Waals surface area contributed by atoms with Crippen molar-refractivity contribution in [2.45, 2.75) is 40.0 Å². The van der Waals surface area contributed by atoms with Gasteiger partial charge in [-0.1, -0.05) is 20.8 Å². The predicted molar refractivity (Wildman–Crippen MR) is 99.1 cm³/mol. The Hall–Kier alpha value is -1.07. The molecule has 1 unspecified atom stereocenters. The van der Waals surface area contributed by atoms with E-state index in [0.29, 0.717) is 5.92 Å². The molecular weight excluding hydrogens is 292 g/mol. The standard InChI is InChI=1S/C17H32N4S/c1-5-18-17(19-10-8-11-21(6-2)7-3)20-13-15(4)16-9-12-22-14-16/h9,12,14-15H,5-8,10-11,13H2,1-4H3,(H2,18,19,20). The molecule has 1 atom stereocenters. The van der Waals surface area contributed by atoms with Crippen molar-refractivity contribution < 1.29 is 0 Å². The summed E-state index contributed by atoms with van der Waals surface area (Å²) >= 11 is 1.75. The van der Waals surface area contributed by atoms with Gasteiger partial charge in [-0.15, -0.1) is 0 Å². The SMILES string of the molecule is CCNC(=NCC(C)c1ccsc1)NCCCN(CC)CC. The summed E-state index contributed by atoms with van der Waals surface area (Å²) < 4.78 is 0. The number of thiophene rings is 1. The predicted octanol–water partition coefficient (Wildman–Crippen LogP) is 3.14. The lowest BCUT2D eigenvalue weighted by molar-refractivity contribution is 0.300. The van der Waals surface area contributed by atoms with Gasteiger partial charge in [-0.25, -0.2) is 0 Å². The number of hydrogen-bond acceptors (Lipinski definition) is 3. The minimum Gasteiger partial charge on any atom is -0.357 e. The number of hydrogen-bond donors (Lipinski definition) is 2. The van der Waals surface area contributed by atoms with E-state index in [9.17, 15) is 0 Å². The van der Waals surface area contributed by atoms with Gasteiger partial charge in [0.05, 0.1) is 0 Å². The molecule has 0 bridgehead atoms. The van der Waals surface area contributed by atoms with Gasteiger partial charge < -0.3 is 15.5 Å². The molecule has 1 heterocycles. The second kappa shape index (κ2) is 11.5. The van der Waals surface area contributed by atoms with Gasteiger partial charge in [-0.2, -0.15) is 11.3 Å². The van der Waals surface area contributed by atoms with Crippen molar-refractivity contribution in [3.63, 3.8) is 0 Å². The average molecular weight is 325 g/mol. The first kappa shape index (κ1) is 19.0. The van der Waals surface area contributed by atoms with E-state index < -0.39 is 0 Å². The fourth-order valence-electron chi connectivity index (χ4n) is 2.28. The molecule has 1 rings (SSSR count). The summed E-state index contributed by atoms with van der Waals surface area (Å²) in [6.07, 6.45) is 1.15. The molecule has 0 aliphatic heterocycles. The third-order valence-electron chi connectivity index (χ3n) is 3.82. The van der Waals surface area contributed by atoms with E-state index in [1.165, 1.54) is 5.56 Å². The molecule has 0 aliphatic carbocycles. The van der Waals surface area contributed by atoms with Crippen LogP contribution in [0.3, 0.4) is 0 Å². The van der Waals surface area contributed by atoms with Gasteiger partial charge in [0.15, 0.2) is 5.96 Å². The molecule has 0 amide bonds. The molecule has 0 saturated carbocycles. The Morgan fingerprint density at radius 1 is 1.27 bits per heavy atom. The van der Waals surface area contributed by atoms with Gasteiger partial charge in [0, 0.05) is 25.6 Å². The van der Waals surface area contributed by atoms with Crippen LogP contribution in [-0.2, 0) is 0 Å². The Morgan fingerprint density at radius 3 is 2.64 bits per heavy atom. The molecule has 0 aromatic carbocycles. The van der Waals surface area contributed by atoms with Crippen molar-refractivity contribution in [1.82, 2.24) is 15.5 Å². The lowest BCUT2D eigenvalue weighted by Crippen LogP contribution is -2.39. The Labute approximate surface area is 140 Å². The van der Waals surface area contributed by atoms with Crippen molar-refractivity contribution in [2.24, 2.45) is 4.99 Å². The third-order valence-corrected chi connectivity index (χ3v) is 4.52. The van der Waals surface area contributed by atoms with Crippen LogP contribution in [0.25, 0.3) is 0 Å². The molecule has 0 radical (unpaired) electrons. The van der Waals surface area contributed by atoms with Crippen molar-refractivity contribution >= 4 is 17.3 Å². The van der Waals surface area contributed by atoms with Crippen LogP contribution in [0.1, 0.15) is 45.6 Å². The highest BCUT2D eigenvalue weighted by molar-refractivity contribution is 7.07. The van der Waals surface area contributed by atoms with E-state index in [2.05, 4.69) is 60.1 Å². The quantitative estimate of drug-likeness (QED) is 0.394. The minimum absolute atomic E-state index is 0.470. The van der Waals surface area contributed by atoms with Crippen LogP contribution in [0.4, 0.5) is 0 Å². The maximum absolute atomic E-state index is 4.71. The smallest absolute Gasteiger partial charge is 0.191 e. The zero-order valence-electron chi connectivity index (χ0n) is 14.6. The largest absolute Gasteiger partial charge is 0.357 e. The van der Waals surface area contributed by atoms with Crippen molar-refractivity contribution in [3.05, 3.63) is 22.4 Å². The lowest BCUT2D eigenvalue weighted by atomic mass is 10.1. The lowest BCUT2D eigenvalue weighted by Gasteiger charge is -2.18. The zero-order chi connectivity index (χ0) is 16.2. The molecule has 1 aromatic heterocycles. The van der Waals surface area contributed by atoms with Crippen LogP contribution >= 0.6 is 11.3 Å². The molecule has 2 N–H and O–H groups in total. The van der Waals surface area contributed by atoms with E-state index in [0.717, 1.165) is 51.6 Å². The van der Waals surface area contributed by atoms with Crippen LogP contribution < -0.4 is 10.6 Å². The van der Waals surface area contributed by atoms with E-state index in [-0.39, 0.29) is 0 Å². The van der Waals surface area contributed by atoms with E-state index >= 15 is 0 Å². The Bertz CT molecular complexity index is 399. The molecule has 0 saturated heterocycles. The van der Waals surface area contributed by atoms with E-state index in [1.54, 1.807) is 11.3 Å². The van der Waals surface area contributed by atoms with Crippen LogP contribution in [0, 0.1) is 0 Å². The molecule has 1 aromatic rings. The number of nitrogens with one attached hydrogen (secondary N) is 2. The molecule has 4 nitrogen and oxygen atoms in total. The molecule has 5 heteroatoms. The van der Waals surface area contributed by atoms with Crippen molar-refractivity contribution in [3.8, 4) is 0 Å². The van der Waals surface area contributed by atoms with Gasteiger partial charge in [-0.05, 0) is 55.4 Å². The van der Waals surface area contributed by atoms with Gasteiger partial charge in [0.25, 0.3) is 0 Å². The summed E-state index contributed by atoms with van der Waals surface area (Å²) in [6, 6.07) is 2.19. The maximum atomic E-state index is 4.71. The summed E-state index contributed by atoms with van der Waals surface area (Å²) in [4.78, 5) is 7.16. The Balaban J connectivity index is 2.35. The molecule has 0 aliphatic rings.